The van der Waals surface area contributed by atoms with Gasteiger partial charge in [-0.2, -0.15) is 5.10 Å². The first kappa shape index (κ1) is 20.7. The lowest BCUT2D eigenvalue weighted by Crippen LogP contribution is -2.46. The van der Waals surface area contributed by atoms with Gasteiger partial charge in [0, 0.05) is 49.0 Å². The second kappa shape index (κ2) is 8.75. The number of hydrogen-bond acceptors (Lipinski definition) is 4. The van der Waals surface area contributed by atoms with E-state index < -0.39 is 0 Å². The third kappa shape index (κ3) is 4.28. The molecule has 0 spiro atoms. The third-order valence-electron chi connectivity index (χ3n) is 7.32. The van der Waals surface area contributed by atoms with E-state index >= 15 is 0 Å². The number of nitrogens with one attached hydrogen (secondary N) is 1. The van der Waals surface area contributed by atoms with Crippen molar-refractivity contribution >= 4 is 5.91 Å². The van der Waals surface area contributed by atoms with Crippen molar-refractivity contribution in [2.45, 2.75) is 70.6 Å². The molecule has 0 bridgehead atoms. The molecule has 2 fully saturated rings. The van der Waals surface area contributed by atoms with Crippen LogP contribution >= 0.6 is 0 Å². The Morgan fingerprint density at radius 2 is 2.03 bits per heavy atom. The standard InChI is InChI=1S/C25H35N5O/c1-18(2)30-16-19(13-27-30)15-28-10-7-20(8-11-28)21-5-6-24-22(12-21)17-29(25(24)31)23-4-3-9-26-14-23/h5-6,12-13,16,18,20,23,26H,3-4,7-11,14-15,17H2,1-2H3. The molecule has 6 heteroatoms. The molecule has 31 heavy (non-hydrogen) atoms. The fraction of sp³-hybridized carbons (Fsp3) is 0.600. The second-order valence-corrected chi connectivity index (χ2v) is 9.82. The molecule has 1 aromatic carbocycles. The highest BCUT2D eigenvalue weighted by Gasteiger charge is 2.34. The topological polar surface area (TPSA) is 53.4 Å². The molecule has 166 valence electrons. The van der Waals surface area contributed by atoms with Gasteiger partial charge < -0.3 is 10.2 Å². The van der Waals surface area contributed by atoms with Crippen LogP contribution in [0.5, 0.6) is 0 Å². The van der Waals surface area contributed by atoms with Gasteiger partial charge in [0.1, 0.15) is 0 Å². The summed E-state index contributed by atoms with van der Waals surface area (Å²) in [5.41, 5.74) is 4.88. The van der Waals surface area contributed by atoms with Gasteiger partial charge in [0.15, 0.2) is 0 Å². The highest BCUT2D eigenvalue weighted by Crippen LogP contribution is 2.33. The number of carbonyl (C=O) groups is 1. The molecular formula is C25H35N5O. The van der Waals surface area contributed by atoms with Crippen LogP contribution in [0.1, 0.15) is 78.5 Å². The molecule has 1 unspecified atom stereocenters. The number of nitrogens with zero attached hydrogens (tertiary/aromatic N) is 4. The molecule has 5 rings (SSSR count). The van der Waals surface area contributed by atoms with Crippen LogP contribution in [0, 0.1) is 0 Å². The normalized spacial score (nSPS) is 23.0. The van der Waals surface area contributed by atoms with Crippen LogP contribution < -0.4 is 5.32 Å². The molecule has 3 aliphatic heterocycles. The van der Waals surface area contributed by atoms with Crippen molar-refractivity contribution in [2.75, 3.05) is 26.2 Å². The quantitative estimate of drug-likeness (QED) is 0.802. The predicted octanol–water partition coefficient (Wildman–Crippen LogP) is 3.55. The van der Waals surface area contributed by atoms with E-state index in [-0.39, 0.29) is 5.91 Å². The van der Waals surface area contributed by atoms with Crippen molar-refractivity contribution in [3.05, 3.63) is 52.8 Å². The number of piperidine rings is 2. The van der Waals surface area contributed by atoms with Crippen LogP contribution in [0.15, 0.2) is 30.6 Å². The Hall–Kier alpha value is -2.18. The molecule has 2 aromatic rings. The Morgan fingerprint density at radius 1 is 1.19 bits per heavy atom. The fourth-order valence-corrected chi connectivity index (χ4v) is 5.44. The fourth-order valence-electron chi connectivity index (χ4n) is 5.44. The van der Waals surface area contributed by atoms with Crippen LogP contribution in [-0.2, 0) is 13.1 Å². The minimum atomic E-state index is 0.229. The third-order valence-corrected chi connectivity index (χ3v) is 7.32. The van der Waals surface area contributed by atoms with Crippen molar-refractivity contribution in [1.29, 1.82) is 0 Å². The van der Waals surface area contributed by atoms with E-state index in [4.69, 9.17) is 0 Å². The van der Waals surface area contributed by atoms with E-state index in [1.54, 1.807) is 0 Å². The Labute approximate surface area is 185 Å². The van der Waals surface area contributed by atoms with Crippen LogP contribution in [0.3, 0.4) is 0 Å². The molecule has 0 radical (unpaired) electrons. The summed E-state index contributed by atoms with van der Waals surface area (Å²) in [4.78, 5) is 17.6. The van der Waals surface area contributed by atoms with Crippen molar-refractivity contribution in [3.8, 4) is 0 Å². The first-order valence-corrected chi connectivity index (χ1v) is 12.0. The summed E-state index contributed by atoms with van der Waals surface area (Å²) < 4.78 is 2.04. The van der Waals surface area contributed by atoms with E-state index in [0.29, 0.717) is 18.0 Å². The lowest BCUT2D eigenvalue weighted by atomic mass is 9.88. The van der Waals surface area contributed by atoms with Crippen LogP contribution in [0.4, 0.5) is 0 Å². The van der Waals surface area contributed by atoms with Crippen molar-refractivity contribution in [1.82, 2.24) is 24.9 Å². The molecule has 6 nitrogen and oxygen atoms in total. The number of amides is 1. The number of rotatable bonds is 5. The maximum Gasteiger partial charge on any atom is 0.254 e. The molecule has 0 aliphatic carbocycles. The Bertz CT molecular complexity index is 922. The van der Waals surface area contributed by atoms with Gasteiger partial charge in [-0.15, -0.1) is 0 Å². The van der Waals surface area contributed by atoms with Crippen molar-refractivity contribution in [3.63, 3.8) is 0 Å². The van der Waals surface area contributed by atoms with E-state index in [1.165, 1.54) is 29.5 Å². The first-order chi connectivity index (χ1) is 15.1. The molecule has 1 amide bonds. The predicted molar refractivity (Wildman–Crippen MR) is 122 cm³/mol. The average Bonchev–Trinajstić information content (AvgIpc) is 3.39. The first-order valence-electron chi connectivity index (χ1n) is 12.0. The highest BCUT2D eigenvalue weighted by atomic mass is 16.2. The zero-order chi connectivity index (χ0) is 21.4. The maximum atomic E-state index is 12.9. The molecule has 1 N–H and O–H groups in total. The number of fused-ring (bicyclic) bond motifs is 1. The van der Waals surface area contributed by atoms with Gasteiger partial charge in [0.05, 0.1) is 6.20 Å². The summed E-state index contributed by atoms with van der Waals surface area (Å²) in [6.07, 6.45) is 8.84. The van der Waals surface area contributed by atoms with E-state index in [9.17, 15) is 4.79 Å². The Kier molecular flexibility index (Phi) is 5.85. The SMILES string of the molecule is CC(C)n1cc(CN2CCC(c3ccc4c(c3)CN(C3CCCNC3)C4=O)CC2)cn1. The lowest BCUT2D eigenvalue weighted by Gasteiger charge is -2.32. The van der Waals surface area contributed by atoms with Gasteiger partial charge in [-0.25, -0.2) is 0 Å². The Morgan fingerprint density at radius 3 is 2.74 bits per heavy atom. The molecule has 2 saturated heterocycles. The van der Waals surface area contributed by atoms with E-state index in [0.717, 1.165) is 57.7 Å². The zero-order valence-corrected chi connectivity index (χ0v) is 18.9. The van der Waals surface area contributed by atoms with Gasteiger partial charge >= 0.3 is 0 Å². The number of hydrogen-bond donors (Lipinski definition) is 1. The number of aromatic nitrogens is 2. The summed E-state index contributed by atoms with van der Waals surface area (Å²) in [5, 5.41) is 7.92. The largest absolute Gasteiger partial charge is 0.330 e. The molecule has 4 heterocycles. The summed E-state index contributed by atoms with van der Waals surface area (Å²) >= 11 is 0. The smallest absolute Gasteiger partial charge is 0.254 e. The van der Waals surface area contributed by atoms with Gasteiger partial charge in [0.25, 0.3) is 5.91 Å². The molecule has 1 atom stereocenters. The molecule has 0 saturated carbocycles. The van der Waals surface area contributed by atoms with Gasteiger partial charge in [-0.1, -0.05) is 12.1 Å². The maximum absolute atomic E-state index is 12.9. The van der Waals surface area contributed by atoms with Crippen molar-refractivity contribution < 1.29 is 4.79 Å². The summed E-state index contributed by atoms with van der Waals surface area (Å²) in [6, 6.07) is 7.40. The van der Waals surface area contributed by atoms with Crippen LogP contribution in [-0.4, -0.2) is 57.7 Å². The monoisotopic (exact) mass is 421 g/mol. The number of carbonyl (C=O) groups excluding carboxylic acids is 1. The van der Waals surface area contributed by atoms with Gasteiger partial charge in [-0.3, -0.25) is 14.4 Å². The van der Waals surface area contributed by atoms with Crippen LogP contribution in [0.2, 0.25) is 0 Å². The number of likely N-dealkylation sites (tertiary alicyclic amines) is 1. The minimum absolute atomic E-state index is 0.229. The Balaban J connectivity index is 1.19. The van der Waals surface area contributed by atoms with Crippen LogP contribution in [0.25, 0.3) is 0 Å². The van der Waals surface area contributed by atoms with E-state index in [1.807, 2.05) is 10.9 Å². The van der Waals surface area contributed by atoms with E-state index in [2.05, 4.69) is 58.5 Å². The summed E-state index contributed by atoms with van der Waals surface area (Å²) in [7, 11) is 0. The zero-order valence-electron chi connectivity index (χ0n) is 18.9. The lowest BCUT2D eigenvalue weighted by molar-refractivity contribution is 0.0674. The average molecular weight is 422 g/mol. The molecule has 1 aromatic heterocycles. The highest BCUT2D eigenvalue weighted by molar-refractivity contribution is 5.98. The minimum Gasteiger partial charge on any atom is -0.330 e. The second-order valence-electron chi connectivity index (χ2n) is 9.82. The summed E-state index contributed by atoms with van der Waals surface area (Å²) in [5.74, 6) is 0.826. The van der Waals surface area contributed by atoms with Crippen molar-refractivity contribution in [2.24, 2.45) is 0 Å². The van der Waals surface area contributed by atoms with Gasteiger partial charge in [0.2, 0.25) is 0 Å². The molecule has 3 aliphatic rings. The van der Waals surface area contributed by atoms with Gasteiger partial charge in [-0.05, 0) is 82.3 Å². The summed E-state index contributed by atoms with van der Waals surface area (Å²) in [6.45, 7) is 10.3. The molecular weight excluding hydrogens is 386 g/mol. The number of benzene rings is 1.